The lowest BCUT2D eigenvalue weighted by molar-refractivity contribution is 0.505. The summed E-state index contributed by atoms with van der Waals surface area (Å²) in [5.41, 5.74) is 3.66. The molecule has 1 unspecified atom stereocenters. The number of nitrogens with two attached hydrogens (primary N) is 1. The molecule has 0 saturated carbocycles. The van der Waals surface area contributed by atoms with Crippen LogP contribution in [-0.4, -0.2) is 6.04 Å². The third-order valence-electron chi connectivity index (χ3n) is 3.23. The minimum Gasteiger partial charge on any atom is -0.271 e. The molecular formula is C15H14Cl2F2N2. The van der Waals surface area contributed by atoms with E-state index in [1.807, 2.05) is 0 Å². The molecule has 0 amide bonds. The monoisotopic (exact) mass is 330 g/mol. The molecule has 0 aromatic heterocycles. The predicted molar refractivity (Wildman–Crippen MR) is 81.3 cm³/mol. The third kappa shape index (κ3) is 3.92. The number of benzene rings is 2. The van der Waals surface area contributed by atoms with Crippen LogP contribution >= 0.6 is 23.2 Å². The molecule has 0 aliphatic carbocycles. The summed E-state index contributed by atoms with van der Waals surface area (Å²) in [6.45, 7) is 0. The van der Waals surface area contributed by atoms with E-state index in [4.69, 9.17) is 29.0 Å². The quantitative estimate of drug-likeness (QED) is 0.644. The summed E-state index contributed by atoms with van der Waals surface area (Å²) < 4.78 is 27.3. The van der Waals surface area contributed by atoms with Crippen LogP contribution in [0.3, 0.4) is 0 Å². The molecule has 0 spiro atoms. The molecule has 0 fully saturated rings. The van der Waals surface area contributed by atoms with Crippen LogP contribution in [-0.2, 0) is 12.8 Å². The van der Waals surface area contributed by atoms with Gasteiger partial charge in [0, 0.05) is 6.04 Å². The van der Waals surface area contributed by atoms with Crippen molar-refractivity contribution in [2.24, 2.45) is 5.84 Å². The molecule has 0 radical (unpaired) electrons. The normalized spacial score (nSPS) is 12.4. The number of halogens is 4. The highest BCUT2D eigenvalue weighted by Crippen LogP contribution is 2.23. The van der Waals surface area contributed by atoms with Gasteiger partial charge in [-0.05, 0) is 36.1 Å². The van der Waals surface area contributed by atoms with Gasteiger partial charge in [-0.25, -0.2) is 8.78 Å². The Hall–Kier alpha value is -1.20. The number of rotatable bonds is 5. The molecule has 0 saturated heterocycles. The first kappa shape index (κ1) is 16.2. The van der Waals surface area contributed by atoms with E-state index in [-0.39, 0.29) is 16.1 Å². The average molecular weight is 331 g/mol. The standard InChI is InChI=1S/C15H14Cl2F2N2/c16-12-5-1-4-10(15(12)19)8-11(21-20)7-9-3-2-6-13(18)14(9)17/h1-6,11,21H,7-8,20H2. The van der Waals surface area contributed by atoms with E-state index in [1.165, 1.54) is 12.1 Å². The molecule has 2 aromatic rings. The van der Waals surface area contributed by atoms with E-state index in [9.17, 15) is 8.78 Å². The number of hydrazine groups is 1. The second-order valence-corrected chi connectivity index (χ2v) is 5.48. The number of nitrogens with one attached hydrogen (secondary N) is 1. The molecule has 0 aliphatic heterocycles. The van der Waals surface area contributed by atoms with Crippen LogP contribution in [0, 0.1) is 11.6 Å². The van der Waals surface area contributed by atoms with Crippen LogP contribution in [0.2, 0.25) is 10.0 Å². The first-order valence-electron chi connectivity index (χ1n) is 6.34. The fraction of sp³-hybridized carbons (Fsp3) is 0.200. The van der Waals surface area contributed by atoms with Crippen LogP contribution in [0.15, 0.2) is 36.4 Å². The summed E-state index contributed by atoms with van der Waals surface area (Å²) in [5, 5.41) is 0.122. The van der Waals surface area contributed by atoms with E-state index in [0.717, 1.165) is 0 Å². The Balaban J connectivity index is 2.17. The third-order valence-corrected chi connectivity index (χ3v) is 3.95. The Bertz CT molecular complexity index is 582. The molecule has 0 heterocycles. The van der Waals surface area contributed by atoms with Crippen molar-refractivity contribution in [3.8, 4) is 0 Å². The summed E-state index contributed by atoms with van der Waals surface area (Å²) in [7, 11) is 0. The molecule has 1 atom stereocenters. The smallest absolute Gasteiger partial charge is 0.145 e. The predicted octanol–water partition coefficient (Wildman–Crippen LogP) is 3.89. The fourth-order valence-corrected chi connectivity index (χ4v) is 2.53. The minimum atomic E-state index is -0.487. The van der Waals surface area contributed by atoms with Crippen molar-refractivity contribution < 1.29 is 8.78 Å². The fourth-order valence-electron chi connectivity index (χ4n) is 2.13. The average Bonchev–Trinajstić information content (AvgIpc) is 2.47. The van der Waals surface area contributed by atoms with E-state index >= 15 is 0 Å². The molecule has 2 aromatic carbocycles. The van der Waals surface area contributed by atoms with Crippen molar-refractivity contribution in [3.63, 3.8) is 0 Å². The first-order valence-corrected chi connectivity index (χ1v) is 7.10. The molecule has 2 nitrogen and oxygen atoms in total. The summed E-state index contributed by atoms with van der Waals surface area (Å²) in [5.74, 6) is 4.55. The van der Waals surface area contributed by atoms with E-state index in [0.29, 0.717) is 24.0 Å². The first-order chi connectivity index (χ1) is 10.0. The maximum Gasteiger partial charge on any atom is 0.145 e. The molecule has 3 N–H and O–H groups in total. The Kier molecular flexibility index (Phi) is 5.53. The van der Waals surface area contributed by atoms with Gasteiger partial charge in [-0.1, -0.05) is 47.5 Å². The molecule has 6 heteroatoms. The maximum absolute atomic E-state index is 13.9. The Morgan fingerprint density at radius 3 is 2.33 bits per heavy atom. The van der Waals surface area contributed by atoms with Crippen LogP contribution < -0.4 is 11.3 Å². The molecule has 0 aliphatic rings. The van der Waals surface area contributed by atoms with Gasteiger partial charge in [-0.15, -0.1) is 0 Å². The zero-order valence-electron chi connectivity index (χ0n) is 11.0. The van der Waals surface area contributed by atoms with Gasteiger partial charge in [0.25, 0.3) is 0 Å². The molecule has 112 valence electrons. The van der Waals surface area contributed by atoms with E-state index < -0.39 is 11.6 Å². The highest BCUT2D eigenvalue weighted by atomic mass is 35.5. The van der Waals surface area contributed by atoms with Crippen molar-refractivity contribution in [1.29, 1.82) is 0 Å². The lowest BCUT2D eigenvalue weighted by Gasteiger charge is -2.17. The van der Waals surface area contributed by atoms with Gasteiger partial charge in [0.15, 0.2) is 0 Å². The van der Waals surface area contributed by atoms with Crippen molar-refractivity contribution in [2.45, 2.75) is 18.9 Å². The zero-order chi connectivity index (χ0) is 15.4. The van der Waals surface area contributed by atoms with E-state index in [1.54, 1.807) is 24.3 Å². The zero-order valence-corrected chi connectivity index (χ0v) is 12.6. The van der Waals surface area contributed by atoms with Crippen LogP contribution in [0.1, 0.15) is 11.1 Å². The van der Waals surface area contributed by atoms with Crippen molar-refractivity contribution in [3.05, 3.63) is 69.2 Å². The Morgan fingerprint density at radius 1 is 1.00 bits per heavy atom. The topological polar surface area (TPSA) is 38.0 Å². The Morgan fingerprint density at radius 2 is 1.62 bits per heavy atom. The molecular weight excluding hydrogens is 317 g/mol. The maximum atomic E-state index is 13.9. The van der Waals surface area contributed by atoms with Gasteiger partial charge in [0.2, 0.25) is 0 Å². The largest absolute Gasteiger partial charge is 0.271 e. The van der Waals surface area contributed by atoms with Gasteiger partial charge >= 0.3 is 0 Å². The lowest BCUT2D eigenvalue weighted by Crippen LogP contribution is -2.38. The molecule has 21 heavy (non-hydrogen) atoms. The van der Waals surface area contributed by atoms with Crippen molar-refractivity contribution in [2.75, 3.05) is 0 Å². The lowest BCUT2D eigenvalue weighted by atomic mass is 9.99. The summed E-state index contributed by atoms with van der Waals surface area (Å²) in [4.78, 5) is 0. The van der Waals surface area contributed by atoms with Gasteiger partial charge in [-0.2, -0.15) is 0 Å². The second kappa shape index (κ2) is 7.18. The number of hydrogen-bond donors (Lipinski definition) is 2. The van der Waals surface area contributed by atoms with Crippen LogP contribution in [0.5, 0.6) is 0 Å². The van der Waals surface area contributed by atoms with Crippen molar-refractivity contribution in [1.82, 2.24) is 5.43 Å². The second-order valence-electron chi connectivity index (χ2n) is 4.70. The molecule has 0 bridgehead atoms. The highest BCUT2D eigenvalue weighted by Gasteiger charge is 2.16. The van der Waals surface area contributed by atoms with Gasteiger partial charge < -0.3 is 0 Å². The van der Waals surface area contributed by atoms with Gasteiger partial charge in [0.05, 0.1) is 10.0 Å². The SMILES string of the molecule is NNC(Cc1cccc(Cl)c1F)Cc1cccc(F)c1Cl. The highest BCUT2D eigenvalue weighted by molar-refractivity contribution is 6.31. The van der Waals surface area contributed by atoms with Gasteiger partial charge in [-0.3, -0.25) is 11.3 Å². The van der Waals surface area contributed by atoms with Crippen molar-refractivity contribution >= 4 is 23.2 Å². The van der Waals surface area contributed by atoms with Gasteiger partial charge in [0.1, 0.15) is 11.6 Å². The minimum absolute atomic E-state index is 0.0596. The van der Waals surface area contributed by atoms with E-state index in [2.05, 4.69) is 5.43 Å². The summed E-state index contributed by atoms with van der Waals surface area (Å²) in [6.07, 6.45) is 0.689. The van der Waals surface area contributed by atoms with Crippen LogP contribution in [0.4, 0.5) is 8.78 Å². The molecule has 2 rings (SSSR count). The summed E-state index contributed by atoms with van der Waals surface area (Å²) >= 11 is 11.7. The summed E-state index contributed by atoms with van der Waals surface area (Å²) in [6, 6.07) is 9.07. The Labute approximate surface area is 131 Å². The van der Waals surface area contributed by atoms with Crippen LogP contribution in [0.25, 0.3) is 0 Å². The number of hydrogen-bond acceptors (Lipinski definition) is 2.